The van der Waals surface area contributed by atoms with Gasteiger partial charge in [0, 0.05) is 16.9 Å². The van der Waals surface area contributed by atoms with Gasteiger partial charge in [-0.2, -0.15) is 26.3 Å². The lowest BCUT2D eigenvalue weighted by Gasteiger charge is -2.13. The molecule has 0 N–H and O–H groups in total. The number of hydrogen-bond acceptors (Lipinski definition) is 1. The number of benzene rings is 1. The molecular weight excluding hydrogens is 320 g/mol. The van der Waals surface area contributed by atoms with E-state index in [1.807, 2.05) is 0 Å². The summed E-state index contributed by atoms with van der Waals surface area (Å²) in [4.78, 5) is 3.20. The summed E-state index contributed by atoms with van der Waals surface area (Å²) in [6, 6.07) is 3.86. The number of pyridine rings is 1. The van der Waals surface area contributed by atoms with Crippen LogP contribution in [0.5, 0.6) is 0 Å². The van der Waals surface area contributed by atoms with Crippen LogP contribution in [0.1, 0.15) is 29.7 Å². The van der Waals surface area contributed by atoms with Crippen LogP contribution in [0.4, 0.5) is 26.3 Å². The van der Waals surface area contributed by atoms with Crippen molar-refractivity contribution < 1.29 is 26.3 Å². The van der Waals surface area contributed by atoms with Crippen molar-refractivity contribution in [3.05, 3.63) is 41.1 Å². The molecule has 0 spiro atoms. The topological polar surface area (TPSA) is 12.9 Å². The van der Waals surface area contributed by atoms with Gasteiger partial charge >= 0.3 is 12.4 Å². The summed E-state index contributed by atoms with van der Waals surface area (Å²) in [5, 5.41) is -0.0269. The van der Waals surface area contributed by atoms with Crippen molar-refractivity contribution in [2.75, 3.05) is 0 Å². The first-order chi connectivity index (χ1) is 10.7. The smallest absolute Gasteiger partial charge is 0.243 e. The van der Waals surface area contributed by atoms with E-state index in [0.29, 0.717) is 12.1 Å². The first-order valence-electron chi connectivity index (χ1n) is 6.76. The number of para-hydroxylation sites is 1. The Kier molecular flexibility index (Phi) is 3.51. The lowest BCUT2D eigenvalue weighted by molar-refractivity contribution is -0.142. The minimum Gasteiger partial charge on any atom is -0.243 e. The predicted molar refractivity (Wildman–Crippen MR) is 71.3 cm³/mol. The number of fused-ring (bicyclic) bond motifs is 1. The molecule has 1 aliphatic carbocycles. The second-order valence-corrected chi connectivity index (χ2v) is 5.30. The normalized spacial score (nSPS) is 15.4. The van der Waals surface area contributed by atoms with E-state index in [4.69, 9.17) is 0 Å². The molecule has 1 nitrogen and oxygen atoms in total. The molecule has 0 unspecified atom stereocenters. The van der Waals surface area contributed by atoms with Crippen LogP contribution in [0.3, 0.4) is 0 Å². The van der Waals surface area contributed by atoms with Crippen molar-refractivity contribution in [3.8, 4) is 11.8 Å². The molecule has 0 saturated heterocycles. The van der Waals surface area contributed by atoms with Crippen molar-refractivity contribution >= 4 is 10.9 Å². The first kappa shape index (κ1) is 15.7. The van der Waals surface area contributed by atoms with Crippen LogP contribution in [0.25, 0.3) is 10.9 Å². The molecule has 2 aromatic rings. The van der Waals surface area contributed by atoms with Gasteiger partial charge in [-0.15, -0.1) is 0 Å². The molecule has 23 heavy (non-hydrogen) atoms. The molecule has 1 saturated carbocycles. The highest BCUT2D eigenvalue weighted by atomic mass is 19.4. The van der Waals surface area contributed by atoms with Gasteiger partial charge in [0.25, 0.3) is 0 Å². The molecule has 1 heterocycles. The van der Waals surface area contributed by atoms with E-state index < -0.39 is 29.1 Å². The summed E-state index contributed by atoms with van der Waals surface area (Å²) in [5.74, 6) is 5.47. The second kappa shape index (κ2) is 5.15. The van der Waals surface area contributed by atoms with Gasteiger partial charge in [0.05, 0.1) is 11.1 Å². The maximum atomic E-state index is 13.0. The van der Waals surface area contributed by atoms with Crippen molar-refractivity contribution in [1.82, 2.24) is 4.98 Å². The summed E-state index contributed by atoms with van der Waals surface area (Å²) in [6.07, 6.45) is -7.92. The Bertz CT molecular complexity index is 819. The van der Waals surface area contributed by atoms with Crippen molar-refractivity contribution in [3.63, 3.8) is 0 Å². The zero-order chi connectivity index (χ0) is 16.8. The highest BCUT2D eigenvalue weighted by Gasteiger charge is 2.37. The molecule has 1 aromatic heterocycles. The van der Waals surface area contributed by atoms with Crippen LogP contribution in [0, 0.1) is 17.8 Å². The van der Waals surface area contributed by atoms with Crippen LogP contribution in [0.2, 0.25) is 0 Å². The quantitative estimate of drug-likeness (QED) is 0.488. The van der Waals surface area contributed by atoms with Crippen molar-refractivity contribution in [2.45, 2.75) is 25.2 Å². The molecule has 7 heteroatoms. The maximum absolute atomic E-state index is 13.0. The van der Waals surface area contributed by atoms with Gasteiger partial charge in [0.1, 0.15) is 5.69 Å². The summed E-state index contributed by atoms with van der Waals surface area (Å²) in [5.41, 5.74) is -3.38. The molecule has 120 valence electrons. The molecule has 1 fully saturated rings. The van der Waals surface area contributed by atoms with Crippen LogP contribution >= 0.6 is 0 Å². The number of hydrogen-bond donors (Lipinski definition) is 0. The van der Waals surface area contributed by atoms with Gasteiger partial charge in [-0.1, -0.05) is 24.0 Å². The van der Waals surface area contributed by atoms with Crippen LogP contribution in [0.15, 0.2) is 24.3 Å². The molecule has 3 rings (SSSR count). The zero-order valence-electron chi connectivity index (χ0n) is 11.5. The fourth-order valence-corrected chi connectivity index (χ4v) is 2.13. The molecule has 1 aliphatic rings. The monoisotopic (exact) mass is 329 g/mol. The van der Waals surface area contributed by atoms with E-state index in [0.717, 1.165) is 18.9 Å². The Morgan fingerprint density at radius 3 is 2.26 bits per heavy atom. The molecular formula is C16H9F6N. The standard InChI is InChI=1S/C16H9F6N/c17-15(18,19)12-3-1-2-11-10(7-6-9-4-5-9)8-13(16(20,21)22)23-14(11)12/h1-3,8-9H,4-5H2. The van der Waals surface area contributed by atoms with E-state index in [9.17, 15) is 26.3 Å². The van der Waals surface area contributed by atoms with Gasteiger partial charge < -0.3 is 0 Å². The molecule has 0 amide bonds. The fraction of sp³-hybridized carbons (Fsp3) is 0.312. The molecule has 1 aromatic carbocycles. The van der Waals surface area contributed by atoms with Gasteiger partial charge in [0.2, 0.25) is 0 Å². The Balaban J connectivity index is 2.30. The van der Waals surface area contributed by atoms with Gasteiger partial charge in [0.15, 0.2) is 0 Å². The van der Waals surface area contributed by atoms with Gasteiger partial charge in [-0.25, -0.2) is 4.98 Å². The van der Waals surface area contributed by atoms with Crippen molar-refractivity contribution in [2.24, 2.45) is 5.92 Å². The van der Waals surface area contributed by atoms with Crippen LogP contribution < -0.4 is 0 Å². The van der Waals surface area contributed by atoms with Gasteiger partial charge in [-0.3, -0.25) is 0 Å². The largest absolute Gasteiger partial charge is 0.433 e. The molecule has 0 atom stereocenters. The number of rotatable bonds is 0. The minimum atomic E-state index is -4.84. The lowest BCUT2D eigenvalue weighted by atomic mass is 10.0. The highest BCUT2D eigenvalue weighted by Crippen LogP contribution is 2.37. The Labute approximate surface area is 127 Å². The number of halogens is 6. The fourth-order valence-electron chi connectivity index (χ4n) is 2.13. The molecule has 0 aliphatic heterocycles. The Morgan fingerprint density at radius 1 is 1.00 bits per heavy atom. The molecule has 0 radical (unpaired) electrons. The Morgan fingerprint density at radius 2 is 1.70 bits per heavy atom. The summed E-state index contributed by atoms with van der Waals surface area (Å²) in [6.45, 7) is 0. The van der Waals surface area contributed by atoms with E-state index in [1.54, 1.807) is 0 Å². The SMILES string of the molecule is FC(F)(F)c1cc(C#CC2CC2)c2cccc(C(F)(F)F)c2n1. The maximum Gasteiger partial charge on any atom is 0.433 e. The summed E-state index contributed by atoms with van der Waals surface area (Å²) in [7, 11) is 0. The number of alkyl halides is 6. The van der Waals surface area contributed by atoms with Gasteiger partial charge in [-0.05, 0) is 25.0 Å². The van der Waals surface area contributed by atoms with E-state index in [-0.39, 0.29) is 16.9 Å². The third-order valence-corrected chi connectivity index (χ3v) is 3.42. The lowest BCUT2D eigenvalue weighted by Crippen LogP contribution is -2.12. The van der Waals surface area contributed by atoms with E-state index in [1.165, 1.54) is 6.07 Å². The number of aromatic nitrogens is 1. The zero-order valence-corrected chi connectivity index (χ0v) is 11.5. The third kappa shape index (κ3) is 3.26. The summed E-state index contributed by atoms with van der Waals surface area (Å²) < 4.78 is 78.0. The second-order valence-electron chi connectivity index (χ2n) is 5.30. The van der Waals surface area contributed by atoms with Crippen molar-refractivity contribution in [1.29, 1.82) is 0 Å². The Hall–Kier alpha value is -2.23. The summed E-state index contributed by atoms with van der Waals surface area (Å²) >= 11 is 0. The van der Waals surface area contributed by atoms with Crippen LogP contribution in [-0.2, 0) is 12.4 Å². The minimum absolute atomic E-state index is 0.0269. The van der Waals surface area contributed by atoms with Crippen LogP contribution in [-0.4, -0.2) is 4.98 Å². The first-order valence-corrected chi connectivity index (χ1v) is 6.76. The molecule has 0 bridgehead atoms. The average molecular weight is 329 g/mol. The highest BCUT2D eigenvalue weighted by molar-refractivity contribution is 5.88. The number of nitrogens with zero attached hydrogens (tertiary/aromatic N) is 1. The van der Waals surface area contributed by atoms with E-state index in [2.05, 4.69) is 16.8 Å². The predicted octanol–water partition coefficient (Wildman–Crippen LogP) is 5.03. The third-order valence-electron chi connectivity index (χ3n) is 3.42. The average Bonchev–Trinajstić information content (AvgIpc) is 3.25. The van der Waals surface area contributed by atoms with E-state index >= 15 is 0 Å².